The van der Waals surface area contributed by atoms with Gasteiger partial charge in [-0.05, 0) is 17.7 Å². The minimum atomic E-state index is -3.42. The number of piperazine rings is 1. The minimum Gasteiger partial charge on any atom is -0.314 e. The van der Waals surface area contributed by atoms with E-state index in [9.17, 15) is 8.42 Å². The van der Waals surface area contributed by atoms with Crippen LogP contribution in [0.4, 0.5) is 0 Å². The number of nitriles is 1. The van der Waals surface area contributed by atoms with Crippen LogP contribution >= 0.6 is 0 Å². The van der Waals surface area contributed by atoms with Gasteiger partial charge in [0.05, 0.1) is 11.6 Å². The van der Waals surface area contributed by atoms with Crippen molar-refractivity contribution in [3.8, 4) is 6.07 Å². The fourth-order valence-corrected chi connectivity index (χ4v) is 3.04. The molecule has 0 spiro atoms. The average Bonchev–Trinajstić information content (AvgIpc) is 2.47. The molecule has 0 unspecified atom stereocenters. The normalized spacial score (nSPS) is 17.0. The molecule has 2 N–H and O–H groups in total. The smallest absolute Gasteiger partial charge is 0.279 e. The summed E-state index contributed by atoms with van der Waals surface area (Å²) in [6.45, 7) is 2.57. The molecule has 1 aliphatic rings. The van der Waals surface area contributed by atoms with Gasteiger partial charge in [-0.25, -0.2) is 0 Å². The zero-order chi connectivity index (χ0) is 13.7. The molecule has 102 valence electrons. The maximum atomic E-state index is 12.0. The number of hydrogen-bond donors (Lipinski definition) is 2. The summed E-state index contributed by atoms with van der Waals surface area (Å²) < 4.78 is 28.0. The van der Waals surface area contributed by atoms with Crippen LogP contribution in [-0.2, 0) is 16.8 Å². The predicted molar refractivity (Wildman–Crippen MR) is 71.4 cm³/mol. The van der Waals surface area contributed by atoms with Crippen molar-refractivity contribution in [1.29, 1.82) is 5.26 Å². The Kier molecular flexibility index (Phi) is 4.50. The molecule has 1 fully saturated rings. The molecule has 0 saturated carbocycles. The van der Waals surface area contributed by atoms with Crippen LogP contribution in [0.25, 0.3) is 0 Å². The predicted octanol–water partition coefficient (Wildman–Crippen LogP) is -0.202. The van der Waals surface area contributed by atoms with E-state index in [1.54, 1.807) is 24.3 Å². The van der Waals surface area contributed by atoms with Crippen molar-refractivity contribution in [3.63, 3.8) is 0 Å². The monoisotopic (exact) mass is 280 g/mol. The molecule has 6 nitrogen and oxygen atoms in total. The van der Waals surface area contributed by atoms with Crippen LogP contribution in [0.1, 0.15) is 11.1 Å². The van der Waals surface area contributed by atoms with Crippen molar-refractivity contribution in [2.45, 2.75) is 6.54 Å². The van der Waals surface area contributed by atoms with Crippen LogP contribution in [-0.4, -0.2) is 38.9 Å². The van der Waals surface area contributed by atoms with Gasteiger partial charge >= 0.3 is 0 Å². The quantitative estimate of drug-likeness (QED) is 0.799. The number of hydrogen-bond acceptors (Lipinski definition) is 4. The Bertz CT molecular complexity index is 556. The Labute approximate surface area is 113 Å². The summed E-state index contributed by atoms with van der Waals surface area (Å²) in [5.41, 5.74) is 1.39. The van der Waals surface area contributed by atoms with E-state index in [0.717, 1.165) is 5.56 Å². The topological polar surface area (TPSA) is 85.2 Å². The summed E-state index contributed by atoms with van der Waals surface area (Å²) in [5, 5.41) is 11.8. The first kappa shape index (κ1) is 14.0. The highest BCUT2D eigenvalue weighted by Gasteiger charge is 2.22. The lowest BCUT2D eigenvalue weighted by Gasteiger charge is -2.26. The molecule has 0 radical (unpaired) electrons. The van der Waals surface area contributed by atoms with Crippen LogP contribution in [0.15, 0.2) is 24.3 Å². The van der Waals surface area contributed by atoms with Crippen molar-refractivity contribution in [2.24, 2.45) is 0 Å². The standard InChI is InChI=1S/C12H16N4O2S/c13-9-11-1-3-12(4-2-11)10-15-19(17,18)16-7-5-14-6-8-16/h1-4,14-15H,5-8,10H2. The number of benzene rings is 1. The minimum absolute atomic E-state index is 0.234. The number of nitrogens with one attached hydrogen (secondary N) is 2. The summed E-state index contributed by atoms with van der Waals surface area (Å²) in [4.78, 5) is 0. The van der Waals surface area contributed by atoms with E-state index in [2.05, 4.69) is 10.0 Å². The van der Waals surface area contributed by atoms with E-state index in [1.165, 1.54) is 4.31 Å². The lowest BCUT2D eigenvalue weighted by Crippen LogP contribution is -2.50. The van der Waals surface area contributed by atoms with Crippen LogP contribution < -0.4 is 10.0 Å². The molecule has 2 rings (SSSR count). The molecule has 1 aromatic rings. The van der Waals surface area contributed by atoms with Gasteiger partial charge in [-0.3, -0.25) is 0 Å². The summed E-state index contributed by atoms with van der Waals surface area (Å²) in [5.74, 6) is 0. The van der Waals surface area contributed by atoms with Crippen LogP contribution in [0.3, 0.4) is 0 Å². The molecule has 0 amide bonds. The lowest BCUT2D eigenvalue weighted by atomic mass is 10.1. The Hall–Kier alpha value is -1.46. The molecule has 19 heavy (non-hydrogen) atoms. The molecule has 0 aromatic heterocycles. The van der Waals surface area contributed by atoms with E-state index >= 15 is 0 Å². The Morgan fingerprint density at radius 2 is 1.89 bits per heavy atom. The highest BCUT2D eigenvalue weighted by Crippen LogP contribution is 2.05. The van der Waals surface area contributed by atoms with E-state index in [0.29, 0.717) is 31.7 Å². The van der Waals surface area contributed by atoms with Gasteiger partial charge in [0, 0.05) is 32.7 Å². The van der Waals surface area contributed by atoms with Gasteiger partial charge < -0.3 is 5.32 Å². The molecule has 1 aliphatic heterocycles. The van der Waals surface area contributed by atoms with Crippen LogP contribution in [0.2, 0.25) is 0 Å². The van der Waals surface area contributed by atoms with Gasteiger partial charge in [0.2, 0.25) is 0 Å². The van der Waals surface area contributed by atoms with E-state index in [4.69, 9.17) is 5.26 Å². The number of rotatable bonds is 4. The largest absolute Gasteiger partial charge is 0.314 e. The summed E-state index contributed by atoms with van der Waals surface area (Å²) in [6.07, 6.45) is 0. The second-order valence-electron chi connectivity index (χ2n) is 4.28. The second-order valence-corrected chi connectivity index (χ2v) is 6.04. The van der Waals surface area contributed by atoms with Crippen molar-refractivity contribution < 1.29 is 8.42 Å². The summed E-state index contributed by atoms with van der Waals surface area (Å²) >= 11 is 0. The van der Waals surface area contributed by atoms with Crippen molar-refractivity contribution in [2.75, 3.05) is 26.2 Å². The van der Waals surface area contributed by atoms with Gasteiger partial charge in [0.25, 0.3) is 10.2 Å². The van der Waals surface area contributed by atoms with Gasteiger partial charge in [0.15, 0.2) is 0 Å². The lowest BCUT2D eigenvalue weighted by molar-refractivity contribution is 0.354. The highest BCUT2D eigenvalue weighted by molar-refractivity contribution is 7.87. The summed E-state index contributed by atoms with van der Waals surface area (Å²) in [7, 11) is -3.42. The Morgan fingerprint density at radius 3 is 2.47 bits per heavy atom. The van der Waals surface area contributed by atoms with Gasteiger partial charge in [-0.15, -0.1) is 0 Å². The first-order valence-electron chi connectivity index (χ1n) is 6.06. The zero-order valence-corrected chi connectivity index (χ0v) is 11.3. The molecular formula is C12H16N4O2S. The van der Waals surface area contributed by atoms with E-state index < -0.39 is 10.2 Å². The second kappa shape index (κ2) is 6.12. The van der Waals surface area contributed by atoms with Gasteiger partial charge in [0.1, 0.15) is 0 Å². The van der Waals surface area contributed by atoms with Crippen LogP contribution in [0, 0.1) is 11.3 Å². The van der Waals surface area contributed by atoms with Crippen molar-refractivity contribution >= 4 is 10.2 Å². The van der Waals surface area contributed by atoms with Gasteiger partial charge in [-0.2, -0.15) is 22.7 Å². The van der Waals surface area contributed by atoms with E-state index in [1.807, 2.05) is 6.07 Å². The first-order valence-corrected chi connectivity index (χ1v) is 7.50. The SMILES string of the molecule is N#Cc1ccc(CNS(=O)(=O)N2CCNCC2)cc1. The third-order valence-electron chi connectivity index (χ3n) is 2.96. The third-order valence-corrected chi connectivity index (χ3v) is 4.51. The maximum absolute atomic E-state index is 12.0. The molecule has 7 heteroatoms. The van der Waals surface area contributed by atoms with E-state index in [-0.39, 0.29) is 6.54 Å². The molecule has 0 atom stereocenters. The molecule has 1 heterocycles. The van der Waals surface area contributed by atoms with Crippen molar-refractivity contribution in [3.05, 3.63) is 35.4 Å². The molecular weight excluding hydrogens is 264 g/mol. The highest BCUT2D eigenvalue weighted by atomic mass is 32.2. The van der Waals surface area contributed by atoms with Crippen molar-refractivity contribution in [1.82, 2.24) is 14.3 Å². The van der Waals surface area contributed by atoms with Gasteiger partial charge in [-0.1, -0.05) is 12.1 Å². The molecule has 0 bridgehead atoms. The fraction of sp³-hybridized carbons (Fsp3) is 0.417. The molecule has 1 saturated heterocycles. The number of nitrogens with zero attached hydrogens (tertiary/aromatic N) is 2. The zero-order valence-electron chi connectivity index (χ0n) is 10.5. The Morgan fingerprint density at radius 1 is 1.26 bits per heavy atom. The Balaban J connectivity index is 1.95. The summed E-state index contributed by atoms with van der Waals surface area (Å²) in [6, 6.07) is 8.87. The van der Waals surface area contributed by atoms with Crippen LogP contribution in [0.5, 0.6) is 0 Å². The maximum Gasteiger partial charge on any atom is 0.279 e. The third kappa shape index (κ3) is 3.75. The molecule has 0 aliphatic carbocycles. The average molecular weight is 280 g/mol. The molecule has 1 aromatic carbocycles. The first-order chi connectivity index (χ1) is 9.12. The fourth-order valence-electron chi connectivity index (χ4n) is 1.85.